The van der Waals surface area contributed by atoms with E-state index in [0.717, 1.165) is 0 Å². The molecule has 0 atom stereocenters. The second-order valence-electron chi connectivity index (χ2n) is 0.513. The molecule has 0 rings (SSSR count). The Hall–Kier alpha value is 1.58. The van der Waals surface area contributed by atoms with E-state index in [1.165, 1.54) is 0 Å². The molecule has 0 aromatic heterocycles. The molecule has 7 heteroatoms. The van der Waals surface area contributed by atoms with Gasteiger partial charge in [-0.25, -0.2) is 4.57 Å². The summed E-state index contributed by atoms with van der Waals surface area (Å²) in [6, 6.07) is 0. The van der Waals surface area contributed by atoms with E-state index in [1.807, 2.05) is 0 Å². The number of rotatable bonds is 0. The van der Waals surface area contributed by atoms with Crippen molar-refractivity contribution in [3.63, 3.8) is 0 Å². The molecule has 0 aliphatic rings. The van der Waals surface area contributed by atoms with Gasteiger partial charge in [0, 0.05) is 25.8 Å². The molecule has 0 amide bonds. The Labute approximate surface area is 73.0 Å². The van der Waals surface area contributed by atoms with Crippen LogP contribution in [0.4, 0.5) is 0 Å². The first kappa shape index (κ1) is 15.8. The third-order valence-electron chi connectivity index (χ3n) is 0. The van der Waals surface area contributed by atoms with Gasteiger partial charge in [0.15, 0.2) is 0 Å². The molecule has 0 fully saturated rings. The number of hydrogen-bond acceptors (Lipinski definition) is 1. The van der Waals surface area contributed by atoms with Crippen LogP contribution in [0.2, 0.25) is 0 Å². The van der Waals surface area contributed by atoms with Crippen molar-refractivity contribution in [1.29, 1.82) is 0 Å². The maximum absolute atomic E-state index is 8.88. The molecule has 0 saturated carbocycles. The second-order valence-corrected chi connectivity index (χ2v) is 1.54. The third kappa shape index (κ3) is 94.7. The average molecular weight is 284 g/mol. The van der Waals surface area contributed by atoms with Crippen LogP contribution in [0, 0.1) is 0 Å². The summed E-state index contributed by atoms with van der Waals surface area (Å²) in [6.45, 7) is 0. The Balaban J connectivity index is -0.0000000267. The van der Waals surface area contributed by atoms with Gasteiger partial charge >= 0.3 is 26.7 Å². The van der Waals surface area contributed by atoms with Crippen LogP contribution in [0.3, 0.4) is 0 Å². The van der Waals surface area contributed by atoms with Crippen LogP contribution in [0.25, 0.3) is 0 Å². The molecular formula is H4HfLiO4P. The summed E-state index contributed by atoms with van der Waals surface area (Å²) in [4.78, 5) is 21.6. The molecule has 0 aromatic carbocycles. The molecule has 4 nitrogen and oxygen atoms in total. The molecule has 0 heterocycles. The molecule has 0 unspecified atom stereocenters. The third-order valence-corrected chi connectivity index (χ3v) is 0. The van der Waals surface area contributed by atoms with Crippen LogP contribution in [-0.2, 0) is 30.4 Å². The largest absolute Gasteiger partial charge is 1.00 e. The van der Waals surface area contributed by atoms with Crippen LogP contribution >= 0.6 is 7.82 Å². The van der Waals surface area contributed by atoms with Gasteiger partial charge < -0.3 is 16.1 Å². The Kier molecular flexibility index (Phi) is 12.9. The fraction of sp³-hybridized carbons (Fsp3) is 0. The van der Waals surface area contributed by atoms with Gasteiger partial charge in [-0.3, -0.25) is 0 Å². The number of hydrogen-bond donors (Lipinski definition) is 3. The predicted octanol–water partition coefficient (Wildman–Crippen LogP) is -3.81. The molecule has 0 radical (unpaired) electrons. The van der Waals surface area contributed by atoms with Crippen LogP contribution in [0.1, 0.15) is 1.43 Å². The van der Waals surface area contributed by atoms with E-state index in [0.29, 0.717) is 0 Å². The van der Waals surface area contributed by atoms with Crippen LogP contribution in [-0.4, -0.2) is 14.7 Å². The molecule has 7 heavy (non-hydrogen) atoms. The van der Waals surface area contributed by atoms with Gasteiger partial charge in [0.1, 0.15) is 0 Å². The molecule has 0 aliphatic carbocycles. The molecule has 0 bridgehead atoms. The van der Waals surface area contributed by atoms with E-state index in [-0.39, 0.29) is 46.1 Å². The topological polar surface area (TPSA) is 77.8 Å². The van der Waals surface area contributed by atoms with Gasteiger partial charge in [0.05, 0.1) is 0 Å². The van der Waals surface area contributed by atoms with E-state index in [2.05, 4.69) is 0 Å². The van der Waals surface area contributed by atoms with Crippen LogP contribution in [0.5, 0.6) is 0 Å². The van der Waals surface area contributed by atoms with Gasteiger partial charge in [0.2, 0.25) is 0 Å². The zero-order valence-electron chi connectivity index (χ0n) is 4.70. The van der Waals surface area contributed by atoms with Gasteiger partial charge in [-0.1, -0.05) is 0 Å². The number of phosphoric acid groups is 1. The van der Waals surface area contributed by atoms with Crippen molar-refractivity contribution in [1.82, 2.24) is 0 Å². The maximum Gasteiger partial charge on any atom is 1.00 e. The molecule has 0 saturated heterocycles. The van der Waals surface area contributed by atoms with E-state index >= 15 is 0 Å². The summed E-state index contributed by atoms with van der Waals surface area (Å²) < 4.78 is 8.88. The smallest absolute Gasteiger partial charge is 1.00 e. The summed E-state index contributed by atoms with van der Waals surface area (Å²) >= 11 is 0. The summed E-state index contributed by atoms with van der Waals surface area (Å²) in [6.07, 6.45) is 0. The van der Waals surface area contributed by atoms with Crippen LogP contribution < -0.4 is 18.9 Å². The van der Waals surface area contributed by atoms with Crippen molar-refractivity contribution < 1.29 is 65.4 Å². The fourth-order valence-corrected chi connectivity index (χ4v) is 0. The molecule has 0 aromatic rings. The zero-order chi connectivity index (χ0) is 4.50. The van der Waals surface area contributed by atoms with Crippen LogP contribution in [0.15, 0.2) is 0 Å². The molecule has 3 N–H and O–H groups in total. The molecule has 0 spiro atoms. The maximum atomic E-state index is 8.88. The van der Waals surface area contributed by atoms with E-state index in [1.54, 1.807) is 0 Å². The first-order valence-electron chi connectivity index (χ1n) is 0.783. The molecule has 0 aliphatic heterocycles. The molecular weight excluding hydrogens is 280 g/mol. The zero-order valence-corrected chi connectivity index (χ0v) is 8.18. The Bertz CT molecular complexity index is 62.2. The summed E-state index contributed by atoms with van der Waals surface area (Å²) in [5.41, 5.74) is 0. The van der Waals surface area contributed by atoms with Gasteiger partial charge in [-0.05, 0) is 0 Å². The van der Waals surface area contributed by atoms with Gasteiger partial charge in [-0.2, -0.15) is 0 Å². The average Bonchev–Trinajstić information content (AvgIpc) is 0.722. The van der Waals surface area contributed by atoms with E-state index in [9.17, 15) is 0 Å². The minimum Gasteiger partial charge on any atom is -1.00 e. The predicted molar refractivity (Wildman–Crippen MR) is 15.4 cm³/mol. The minimum absolute atomic E-state index is 0. The van der Waals surface area contributed by atoms with Crippen molar-refractivity contribution >= 4 is 7.82 Å². The summed E-state index contributed by atoms with van der Waals surface area (Å²) in [5.74, 6) is 0. The van der Waals surface area contributed by atoms with E-state index in [4.69, 9.17) is 19.2 Å². The fourth-order valence-electron chi connectivity index (χ4n) is 0. The summed E-state index contributed by atoms with van der Waals surface area (Å²) in [5, 5.41) is 0. The summed E-state index contributed by atoms with van der Waals surface area (Å²) in [7, 11) is -4.64. The second kappa shape index (κ2) is 5.71. The quantitative estimate of drug-likeness (QED) is 0.315. The van der Waals surface area contributed by atoms with Gasteiger partial charge in [0.25, 0.3) is 0 Å². The van der Waals surface area contributed by atoms with Crippen molar-refractivity contribution in [3.05, 3.63) is 0 Å². The molecule has 38 valence electrons. The normalized spacial score (nSPS) is 8.43. The van der Waals surface area contributed by atoms with Crippen molar-refractivity contribution in [2.45, 2.75) is 0 Å². The van der Waals surface area contributed by atoms with Crippen molar-refractivity contribution in [2.24, 2.45) is 0 Å². The monoisotopic (exact) mass is 286 g/mol. The first-order valence-corrected chi connectivity index (χ1v) is 2.35. The Morgan fingerprint density at radius 1 is 1.29 bits per heavy atom. The van der Waals surface area contributed by atoms with E-state index < -0.39 is 7.82 Å². The Morgan fingerprint density at radius 2 is 1.29 bits per heavy atom. The van der Waals surface area contributed by atoms with Crippen molar-refractivity contribution in [2.75, 3.05) is 0 Å². The van der Waals surface area contributed by atoms with Gasteiger partial charge in [-0.15, -0.1) is 0 Å². The Morgan fingerprint density at radius 3 is 1.29 bits per heavy atom. The SMILES string of the molecule is O=P(O)(O)O.[H-].[Hf].[Li+]. The standard InChI is InChI=1S/Hf.Li.H3O4P.H/c;;1-5(2,3)4;/h;;(H3,1,2,3,4);/q;+1;;-1. The van der Waals surface area contributed by atoms with Crippen molar-refractivity contribution in [3.8, 4) is 0 Å². The first-order chi connectivity index (χ1) is 2.00. The minimum atomic E-state index is -4.64.